The largest absolute Gasteiger partial charge is 0.416 e. The zero-order chi connectivity index (χ0) is 20.5. The molecule has 3 rings (SSSR count). The first kappa shape index (κ1) is 20.5. The summed E-state index contributed by atoms with van der Waals surface area (Å²) in [7, 11) is 0. The molecule has 1 heterocycles. The van der Waals surface area contributed by atoms with E-state index in [-0.39, 0.29) is 38.9 Å². The molecule has 0 atom stereocenters. The van der Waals surface area contributed by atoms with Gasteiger partial charge in [-0.15, -0.1) is 0 Å². The van der Waals surface area contributed by atoms with E-state index in [1.807, 2.05) is 6.07 Å². The van der Waals surface area contributed by atoms with Crippen molar-refractivity contribution < 1.29 is 18.0 Å². The smallest absolute Gasteiger partial charge is 0.309 e. The van der Waals surface area contributed by atoms with Crippen molar-refractivity contribution in [1.82, 2.24) is 9.78 Å². The molecular weight excluding hydrogens is 416 g/mol. The molecule has 10 heteroatoms. The number of nitrogens with one attached hydrogen (secondary N) is 1. The maximum absolute atomic E-state index is 13.0. The molecule has 1 N–H and O–H groups in total. The summed E-state index contributed by atoms with van der Waals surface area (Å²) in [6.07, 6.45) is 1.01. The number of carbonyl (C=O) groups is 1. The topological polar surface area (TPSA) is 70.7 Å². The van der Waals surface area contributed by atoms with Crippen LogP contribution in [0.1, 0.15) is 43.2 Å². The zero-order valence-electron chi connectivity index (χ0n) is 14.5. The zero-order valence-corrected chi connectivity index (χ0v) is 16.0. The molecule has 2 aromatic rings. The number of hydrogen-bond donors (Lipinski definition) is 1. The van der Waals surface area contributed by atoms with Gasteiger partial charge in [0.25, 0.3) is 0 Å². The molecule has 0 bridgehead atoms. The van der Waals surface area contributed by atoms with Gasteiger partial charge in [0.15, 0.2) is 5.82 Å². The summed E-state index contributed by atoms with van der Waals surface area (Å²) in [5, 5.41) is 15.4. The second kappa shape index (κ2) is 8.02. The molecule has 1 fully saturated rings. The highest BCUT2D eigenvalue weighted by molar-refractivity contribution is 6.38. The van der Waals surface area contributed by atoms with Gasteiger partial charge in [-0.3, -0.25) is 4.79 Å². The third-order valence-corrected chi connectivity index (χ3v) is 5.24. The van der Waals surface area contributed by atoms with Crippen LogP contribution in [0.4, 0.5) is 19.0 Å². The maximum Gasteiger partial charge on any atom is 0.416 e. The number of alkyl halides is 3. The Hall–Kier alpha value is -2.24. The lowest BCUT2D eigenvalue weighted by Gasteiger charge is -2.21. The predicted octanol–water partition coefficient (Wildman–Crippen LogP) is 5.59. The summed E-state index contributed by atoms with van der Waals surface area (Å²) in [6.45, 7) is 0. The number of hydrogen-bond acceptors (Lipinski definition) is 3. The highest BCUT2D eigenvalue weighted by Gasteiger charge is 2.33. The number of nitriles is 1. The molecule has 1 saturated carbocycles. The number of aromatic nitrogens is 2. The molecule has 0 saturated heterocycles. The maximum atomic E-state index is 13.0. The Balaban J connectivity index is 2.01. The SMILES string of the molecule is N#Cc1cnn(-c2c(Cl)cc(C(F)(F)F)cc2Cl)c1NC(=O)C1CCCCC1. The minimum absolute atomic E-state index is 0.0293. The van der Waals surface area contributed by atoms with Crippen LogP contribution in [0, 0.1) is 17.2 Å². The van der Waals surface area contributed by atoms with Crippen molar-refractivity contribution in [2.45, 2.75) is 38.3 Å². The third-order valence-electron chi connectivity index (χ3n) is 4.66. The van der Waals surface area contributed by atoms with Crippen LogP contribution in [0.5, 0.6) is 0 Å². The quantitative estimate of drug-likeness (QED) is 0.689. The van der Waals surface area contributed by atoms with Crippen molar-refractivity contribution in [3.05, 3.63) is 39.5 Å². The van der Waals surface area contributed by atoms with Crippen LogP contribution in [0.15, 0.2) is 18.3 Å². The molecular formula is C18H15Cl2F3N4O. The van der Waals surface area contributed by atoms with Crippen molar-refractivity contribution in [1.29, 1.82) is 5.26 Å². The lowest BCUT2D eigenvalue weighted by atomic mass is 9.88. The predicted molar refractivity (Wildman–Crippen MR) is 98.5 cm³/mol. The Kier molecular flexibility index (Phi) is 5.87. The van der Waals surface area contributed by atoms with E-state index in [2.05, 4.69) is 10.4 Å². The first-order valence-electron chi connectivity index (χ1n) is 8.58. The van der Waals surface area contributed by atoms with Crippen LogP contribution >= 0.6 is 23.2 Å². The van der Waals surface area contributed by atoms with Gasteiger partial charge in [-0.1, -0.05) is 42.5 Å². The highest BCUT2D eigenvalue weighted by Crippen LogP contribution is 2.38. The molecule has 0 unspecified atom stereocenters. The van der Waals surface area contributed by atoms with E-state index in [9.17, 15) is 23.2 Å². The van der Waals surface area contributed by atoms with Gasteiger partial charge < -0.3 is 5.32 Å². The number of carbonyl (C=O) groups excluding carboxylic acids is 1. The van der Waals surface area contributed by atoms with Gasteiger partial charge >= 0.3 is 6.18 Å². The van der Waals surface area contributed by atoms with Gasteiger partial charge in [0, 0.05) is 5.92 Å². The Bertz CT molecular complexity index is 920. The molecule has 1 aliphatic rings. The van der Waals surface area contributed by atoms with Crippen LogP contribution in [0.25, 0.3) is 5.69 Å². The van der Waals surface area contributed by atoms with Crippen LogP contribution in [0.3, 0.4) is 0 Å². The number of anilines is 1. The number of benzene rings is 1. The molecule has 1 aliphatic carbocycles. The molecule has 148 valence electrons. The fraction of sp³-hybridized carbons (Fsp3) is 0.389. The van der Waals surface area contributed by atoms with Gasteiger partial charge in [0.1, 0.15) is 17.3 Å². The van der Waals surface area contributed by atoms with Gasteiger partial charge in [-0.05, 0) is 25.0 Å². The molecule has 5 nitrogen and oxygen atoms in total. The van der Waals surface area contributed by atoms with Crippen molar-refractivity contribution >= 4 is 34.9 Å². The van der Waals surface area contributed by atoms with E-state index in [4.69, 9.17) is 23.2 Å². The molecule has 1 aromatic carbocycles. The third kappa shape index (κ3) is 4.10. The number of halogens is 5. The average molecular weight is 431 g/mol. The second-order valence-electron chi connectivity index (χ2n) is 6.54. The Morgan fingerprint density at radius 2 is 1.82 bits per heavy atom. The standard InChI is InChI=1S/C18H15Cl2F3N4O/c19-13-6-12(18(21,22)23)7-14(20)15(13)27-16(11(8-24)9-25-27)26-17(28)10-4-2-1-3-5-10/h6-7,9-10H,1-5H2,(H,26,28). The fourth-order valence-electron chi connectivity index (χ4n) is 3.24. The van der Waals surface area contributed by atoms with E-state index in [1.54, 1.807) is 0 Å². The van der Waals surface area contributed by atoms with Crippen molar-refractivity contribution in [3.63, 3.8) is 0 Å². The minimum atomic E-state index is -4.62. The second-order valence-corrected chi connectivity index (χ2v) is 7.36. The minimum Gasteiger partial charge on any atom is -0.309 e. The Morgan fingerprint density at radius 1 is 1.21 bits per heavy atom. The van der Waals surface area contributed by atoms with Crippen LogP contribution in [-0.2, 0) is 11.0 Å². The molecule has 0 spiro atoms. The van der Waals surface area contributed by atoms with Gasteiger partial charge in [-0.25, -0.2) is 4.68 Å². The number of rotatable bonds is 3. The van der Waals surface area contributed by atoms with E-state index in [0.717, 1.165) is 48.9 Å². The van der Waals surface area contributed by atoms with Crippen LogP contribution < -0.4 is 5.32 Å². The average Bonchev–Trinajstić information content (AvgIpc) is 3.03. The summed E-state index contributed by atoms with van der Waals surface area (Å²) < 4.78 is 40.0. The fourth-order valence-corrected chi connectivity index (χ4v) is 3.88. The number of amides is 1. The van der Waals surface area contributed by atoms with Crippen molar-refractivity contribution in [3.8, 4) is 11.8 Å². The van der Waals surface area contributed by atoms with E-state index < -0.39 is 11.7 Å². The normalized spacial score (nSPS) is 15.3. The Labute approximate surface area is 169 Å². The summed E-state index contributed by atoms with van der Waals surface area (Å²) in [5.41, 5.74) is -1.00. The molecule has 0 aliphatic heterocycles. The van der Waals surface area contributed by atoms with E-state index in [1.165, 1.54) is 6.20 Å². The van der Waals surface area contributed by atoms with Gasteiger partial charge in [0.2, 0.25) is 5.91 Å². The van der Waals surface area contributed by atoms with Gasteiger partial charge in [-0.2, -0.15) is 23.5 Å². The summed E-state index contributed by atoms with van der Waals surface area (Å²) >= 11 is 12.1. The molecule has 28 heavy (non-hydrogen) atoms. The summed E-state index contributed by atoms with van der Waals surface area (Å²) in [4.78, 5) is 12.6. The lowest BCUT2D eigenvalue weighted by molar-refractivity contribution is -0.137. The van der Waals surface area contributed by atoms with Crippen LogP contribution in [0.2, 0.25) is 10.0 Å². The first-order valence-corrected chi connectivity index (χ1v) is 9.33. The van der Waals surface area contributed by atoms with E-state index in [0.29, 0.717) is 0 Å². The van der Waals surface area contributed by atoms with Crippen molar-refractivity contribution in [2.75, 3.05) is 5.32 Å². The molecule has 0 radical (unpaired) electrons. The lowest BCUT2D eigenvalue weighted by Crippen LogP contribution is -2.26. The van der Waals surface area contributed by atoms with E-state index >= 15 is 0 Å². The monoisotopic (exact) mass is 430 g/mol. The van der Waals surface area contributed by atoms with Crippen LogP contribution in [-0.4, -0.2) is 15.7 Å². The first-order chi connectivity index (χ1) is 13.2. The molecule has 1 aromatic heterocycles. The van der Waals surface area contributed by atoms with Gasteiger partial charge in [0.05, 0.1) is 21.8 Å². The summed E-state index contributed by atoms with van der Waals surface area (Å²) in [6, 6.07) is 3.36. The number of nitrogens with zero attached hydrogens (tertiary/aromatic N) is 3. The summed E-state index contributed by atoms with van der Waals surface area (Å²) in [5.74, 6) is -0.430. The molecule has 1 amide bonds. The Morgan fingerprint density at radius 3 is 2.36 bits per heavy atom. The highest BCUT2D eigenvalue weighted by atomic mass is 35.5. The van der Waals surface area contributed by atoms with Crippen molar-refractivity contribution in [2.24, 2.45) is 5.92 Å².